The van der Waals surface area contributed by atoms with E-state index in [2.05, 4.69) is 15.4 Å². The number of aromatic nitrogens is 2. The Morgan fingerprint density at radius 3 is 2.47 bits per heavy atom. The molecule has 11 heteroatoms. The van der Waals surface area contributed by atoms with Crippen LogP contribution in [0.15, 0.2) is 47.7 Å². The monoisotopic (exact) mass is 418 g/mol. The Morgan fingerprint density at radius 2 is 1.90 bits per heavy atom. The highest BCUT2D eigenvalue weighted by molar-refractivity contribution is 5.99. The standard InChI is InChI=1S/C19H22N4O7/c1-19(2,3)30-18(27)22-16(23-10-4-9-20-23)21-17(26)29-11-13-5-7-14(8-6-13)28-12-15(24)25/h4-10H,11-12H2,1-3H3,(H,24,25)(H,21,22,26,27). The molecule has 0 saturated carbocycles. The van der Waals surface area contributed by atoms with Crippen LogP contribution in [0, 0.1) is 0 Å². The molecule has 0 fully saturated rings. The van der Waals surface area contributed by atoms with Gasteiger partial charge < -0.3 is 19.3 Å². The van der Waals surface area contributed by atoms with Crippen molar-refractivity contribution in [2.24, 2.45) is 4.99 Å². The van der Waals surface area contributed by atoms with E-state index in [1.807, 2.05) is 0 Å². The molecule has 11 nitrogen and oxygen atoms in total. The maximum Gasteiger partial charge on any atom is 0.437 e. The molecule has 0 aliphatic heterocycles. The van der Waals surface area contributed by atoms with Crippen molar-refractivity contribution in [1.29, 1.82) is 0 Å². The number of carbonyl (C=O) groups excluding carboxylic acids is 2. The zero-order chi connectivity index (χ0) is 22.1. The van der Waals surface area contributed by atoms with Crippen LogP contribution < -0.4 is 10.1 Å². The first-order valence-corrected chi connectivity index (χ1v) is 8.81. The third-order valence-corrected chi connectivity index (χ3v) is 3.18. The van der Waals surface area contributed by atoms with Gasteiger partial charge in [-0.15, -0.1) is 4.99 Å². The molecule has 0 spiro atoms. The normalized spacial score (nSPS) is 11.5. The predicted molar refractivity (Wildman–Crippen MR) is 104 cm³/mol. The Balaban J connectivity index is 1.98. The largest absolute Gasteiger partial charge is 0.482 e. The van der Waals surface area contributed by atoms with Gasteiger partial charge in [0.2, 0.25) is 5.96 Å². The minimum atomic E-state index is -1.08. The van der Waals surface area contributed by atoms with E-state index in [1.54, 1.807) is 51.1 Å². The molecule has 30 heavy (non-hydrogen) atoms. The van der Waals surface area contributed by atoms with Crippen molar-refractivity contribution >= 4 is 24.1 Å². The lowest BCUT2D eigenvalue weighted by Crippen LogP contribution is -2.40. The second kappa shape index (κ2) is 10.0. The lowest BCUT2D eigenvalue weighted by atomic mass is 10.2. The van der Waals surface area contributed by atoms with Gasteiger partial charge in [0.05, 0.1) is 0 Å². The van der Waals surface area contributed by atoms with Crippen LogP contribution in [0.3, 0.4) is 0 Å². The average molecular weight is 418 g/mol. The van der Waals surface area contributed by atoms with Gasteiger partial charge in [0.25, 0.3) is 0 Å². The van der Waals surface area contributed by atoms with Gasteiger partial charge in [-0.1, -0.05) is 12.1 Å². The molecule has 0 saturated heterocycles. The first-order valence-electron chi connectivity index (χ1n) is 8.81. The fourth-order valence-corrected chi connectivity index (χ4v) is 2.02. The number of nitrogens with zero attached hydrogens (tertiary/aromatic N) is 3. The quantitative estimate of drug-likeness (QED) is 0.557. The lowest BCUT2D eigenvalue weighted by Gasteiger charge is -2.19. The number of ether oxygens (including phenoxy) is 3. The number of benzene rings is 1. The van der Waals surface area contributed by atoms with Crippen LogP contribution in [0.25, 0.3) is 0 Å². The smallest absolute Gasteiger partial charge is 0.437 e. The maximum atomic E-state index is 12.1. The molecule has 2 rings (SSSR count). The van der Waals surface area contributed by atoms with Gasteiger partial charge in [0.15, 0.2) is 6.61 Å². The maximum absolute atomic E-state index is 12.1. The Labute approximate surface area is 172 Å². The molecule has 0 radical (unpaired) electrons. The Kier molecular flexibility index (Phi) is 7.50. The molecular weight excluding hydrogens is 396 g/mol. The molecule has 2 N–H and O–H groups in total. The third-order valence-electron chi connectivity index (χ3n) is 3.18. The number of carboxylic acid groups (broad SMARTS) is 1. The van der Waals surface area contributed by atoms with E-state index in [-0.39, 0.29) is 12.6 Å². The average Bonchev–Trinajstić information content (AvgIpc) is 3.18. The second-order valence-electron chi connectivity index (χ2n) is 6.89. The number of rotatable bonds is 5. The molecule has 1 aromatic carbocycles. The summed E-state index contributed by atoms with van der Waals surface area (Å²) in [5.41, 5.74) is -0.109. The van der Waals surface area contributed by atoms with Crippen LogP contribution in [0.2, 0.25) is 0 Å². The van der Waals surface area contributed by atoms with Gasteiger partial charge in [0, 0.05) is 12.4 Å². The topological polar surface area (TPSA) is 141 Å². The summed E-state index contributed by atoms with van der Waals surface area (Å²) in [6.07, 6.45) is 1.18. The number of aliphatic carboxylic acids is 1. The molecule has 0 unspecified atom stereocenters. The Hall–Kier alpha value is -3.89. The van der Waals surface area contributed by atoms with Crippen molar-refractivity contribution in [2.45, 2.75) is 33.0 Å². The van der Waals surface area contributed by atoms with Gasteiger partial charge >= 0.3 is 18.2 Å². The van der Waals surface area contributed by atoms with Crippen molar-refractivity contribution in [3.05, 3.63) is 48.3 Å². The summed E-state index contributed by atoms with van der Waals surface area (Å²) < 4.78 is 16.4. The molecule has 1 aromatic heterocycles. The first kappa shape index (κ1) is 22.4. The fourth-order valence-electron chi connectivity index (χ4n) is 2.02. The van der Waals surface area contributed by atoms with Crippen molar-refractivity contribution < 1.29 is 33.7 Å². The van der Waals surface area contributed by atoms with Crippen LogP contribution in [0.1, 0.15) is 26.3 Å². The summed E-state index contributed by atoms with van der Waals surface area (Å²) in [4.78, 5) is 38.3. The van der Waals surface area contributed by atoms with Gasteiger partial charge in [-0.3, -0.25) is 5.32 Å². The molecule has 1 heterocycles. The van der Waals surface area contributed by atoms with Crippen LogP contribution in [0.4, 0.5) is 9.59 Å². The fraction of sp³-hybridized carbons (Fsp3) is 0.316. The summed E-state index contributed by atoms with van der Waals surface area (Å²) in [6, 6.07) is 7.91. The predicted octanol–water partition coefficient (Wildman–Crippen LogP) is 2.41. The SMILES string of the molecule is CC(C)(C)OC(=O)N/C(=N\C(=O)OCc1ccc(OCC(=O)O)cc1)n1cccn1. The Morgan fingerprint density at radius 1 is 1.20 bits per heavy atom. The third kappa shape index (κ3) is 8.00. The van der Waals surface area contributed by atoms with Crippen molar-refractivity contribution in [2.75, 3.05) is 6.61 Å². The number of carboxylic acids is 1. The zero-order valence-electron chi connectivity index (χ0n) is 16.7. The lowest BCUT2D eigenvalue weighted by molar-refractivity contribution is -0.139. The van der Waals surface area contributed by atoms with Crippen molar-refractivity contribution in [1.82, 2.24) is 15.1 Å². The summed E-state index contributed by atoms with van der Waals surface area (Å²) in [5.74, 6) is -0.899. The highest BCUT2D eigenvalue weighted by atomic mass is 16.6. The first-order chi connectivity index (χ1) is 14.1. The summed E-state index contributed by atoms with van der Waals surface area (Å²) in [6.45, 7) is 4.54. The summed E-state index contributed by atoms with van der Waals surface area (Å²) in [7, 11) is 0. The number of hydrogen-bond acceptors (Lipinski definition) is 7. The summed E-state index contributed by atoms with van der Waals surface area (Å²) in [5, 5.41) is 14.9. The van der Waals surface area contributed by atoms with Crippen LogP contribution >= 0.6 is 0 Å². The Bertz CT molecular complexity index is 900. The molecule has 0 bridgehead atoms. The van der Waals surface area contributed by atoms with Gasteiger partial charge in [-0.25, -0.2) is 19.1 Å². The van der Waals surface area contributed by atoms with Gasteiger partial charge in [-0.05, 0) is 44.5 Å². The number of carbonyl (C=O) groups is 3. The number of aliphatic imine (C=N–C) groups is 1. The van der Waals surface area contributed by atoms with E-state index in [1.165, 1.54) is 17.1 Å². The van der Waals surface area contributed by atoms with E-state index < -0.39 is 30.4 Å². The zero-order valence-corrected chi connectivity index (χ0v) is 16.7. The minimum absolute atomic E-state index is 0.0969. The van der Waals surface area contributed by atoms with E-state index in [0.717, 1.165) is 0 Å². The number of amides is 2. The van der Waals surface area contributed by atoms with Gasteiger partial charge in [-0.2, -0.15) is 5.10 Å². The van der Waals surface area contributed by atoms with E-state index in [4.69, 9.17) is 19.3 Å². The second-order valence-corrected chi connectivity index (χ2v) is 6.89. The molecule has 160 valence electrons. The molecule has 2 amide bonds. The minimum Gasteiger partial charge on any atom is -0.482 e. The van der Waals surface area contributed by atoms with Crippen LogP contribution in [-0.4, -0.2) is 51.2 Å². The number of nitrogens with one attached hydrogen (secondary N) is 1. The highest BCUT2D eigenvalue weighted by Crippen LogP contribution is 2.13. The van der Waals surface area contributed by atoms with E-state index in [9.17, 15) is 14.4 Å². The molecular formula is C19H22N4O7. The van der Waals surface area contributed by atoms with E-state index >= 15 is 0 Å². The van der Waals surface area contributed by atoms with E-state index in [0.29, 0.717) is 11.3 Å². The molecule has 0 aliphatic carbocycles. The molecule has 2 aromatic rings. The molecule has 0 atom stereocenters. The summed E-state index contributed by atoms with van der Waals surface area (Å²) >= 11 is 0. The number of alkyl carbamates (subject to hydrolysis) is 1. The van der Waals surface area contributed by atoms with Crippen molar-refractivity contribution in [3.8, 4) is 5.75 Å². The highest BCUT2D eigenvalue weighted by Gasteiger charge is 2.19. The van der Waals surface area contributed by atoms with Crippen LogP contribution in [0.5, 0.6) is 5.75 Å². The molecule has 0 aliphatic rings. The van der Waals surface area contributed by atoms with Gasteiger partial charge in [0.1, 0.15) is 18.0 Å². The van der Waals surface area contributed by atoms with Crippen molar-refractivity contribution in [3.63, 3.8) is 0 Å². The van der Waals surface area contributed by atoms with Crippen LogP contribution in [-0.2, 0) is 20.9 Å². The number of hydrogen-bond donors (Lipinski definition) is 2.